The SMILES string of the molecule is CCNC(=NCc1cccc(C#N)c1)NCCCOC1CCN(Cc2ccccc2)CC1.I. The highest BCUT2D eigenvalue weighted by Crippen LogP contribution is 2.16. The molecule has 1 saturated heterocycles. The fourth-order valence-electron chi connectivity index (χ4n) is 3.86. The molecule has 0 unspecified atom stereocenters. The fraction of sp³-hybridized carbons (Fsp3) is 0.462. The van der Waals surface area contributed by atoms with Crippen molar-refractivity contribution in [3.05, 3.63) is 71.3 Å². The van der Waals surface area contributed by atoms with Gasteiger partial charge in [0, 0.05) is 39.3 Å². The molecular weight excluding hydrogens is 525 g/mol. The second-order valence-corrected chi connectivity index (χ2v) is 8.12. The van der Waals surface area contributed by atoms with Crippen molar-refractivity contribution in [2.75, 3.05) is 32.8 Å². The molecule has 0 spiro atoms. The van der Waals surface area contributed by atoms with E-state index in [1.54, 1.807) is 0 Å². The average Bonchev–Trinajstić information content (AvgIpc) is 2.84. The second-order valence-electron chi connectivity index (χ2n) is 8.12. The third kappa shape index (κ3) is 10.1. The Labute approximate surface area is 215 Å². The number of nitrogens with one attached hydrogen (secondary N) is 2. The van der Waals surface area contributed by atoms with Crippen LogP contribution in [0.1, 0.15) is 42.9 Å². The summed E-state index contributed by atoms with van der Waals surface area (Å²) in [7, 11) is 0. The highest BCUT2D eigenvalue weighted by molar-refractivity contribution is 14.0. The van der Waals surface area contributed by atoms with Crippen LogP contribution in [0, 0.1) is 11.3 Å². The van der Waals surface area contributed by atoms with Crippen molar-refractivity contribution >= 4 is 29.9 Å². The molecule has 178 valence electrons. The molecule has 6 nitrogen and oxygen atoms in total. The standard InChI is InChI=1S/C26H35N5O.HI/c1-2-28-26(30-20-24-11-6-10-23(18-24)19-27)29-14-7-17-32-25-12-15-31(16-13-25)21-22-8-4-3-5-9-22;/h3-6,8-11,18,25H,2,7,12-17,20-21H2,1H3,(H2,28,29,30);1H. The molecule has 1 aliphatic heterocycles. The molecule has 1 fully saturated rings. The molecule has 2 N–H and O–H groups in total. The summed E-state index contributed by atoms with van der Waals surface area (Å²) in [5, 5.41) is 15.7. The summed E-state index contributed by atoms with van der Waals surface area (Å²) in [6, 6.07) is 20.4. The second kappa shape index (κ2) is 15.6. The molecule has 0 aliphatic carbocycles. The number of halogens is 1. The van der Waals surface area contributed by atoms with Crippen LogP contribution < -0.4 is 10.6 Å². The van der Waals surface area contributed by atoms with Gasteiger partial charge in [0.1, 0.15) is 0 Å². The quantitative estimate of drug-likeness (QED) is 0.196. The number of nitrogens with zero attached hydrogens (tertiary/aromatic N) is 3. The zero-order valence-corrected chi connectivity index (χ0v) is 21.8. The largest absolute Gasteiger partial charge is 0.378 e. The lowest BCUT2D eigenvalue weighted by Crippen LogP contribution is -2.38. The molecule has 2 aromatic rings. The van der Waals surface area contributed by atoms with Crippen molar-refractivity contribution in [2.45, 2.75) is 45.4 Å². The summed E-state index contributed by atoms with van der Waals surface area (Å²) in [5.41, 5.74) is 3.08. The predicted octanol–water partition coefficient (Wildman–Crippen LogP) is 4.30. The van der Waals surface area contributed by atoms with Gasteiger partial charge in [-0.25, -0.2) is 4.99 Å². The monoisotopic (exact) mass is 561 g/mol. The van der Waals surface area contributed by atoms with Gasteiger partial charge in [-0.3, -0.25) is 4.90 Å². The number of aliphatic imine (C=N–C) groups is 1. The maximum absolute atomic E-state index is 9.03. The van der Waals surface area contributed by atoms with Crippen molar-refractivity contribution in [1.82, 2.24) is 15.5 Å². The molecule has 0 atom stereocenters. The van der Waals surface area contributed by atoms with Crippen molar-refractivity contribution in [1.29, 1.82) is 5.26 Å². The van der Waals surface area contributed by atoms with Crippen molar-refractivity contribution < 1.29 is 4.74 Å². The van der Waals surface area contributed by atoms with Gasteiger partial charge < -0.3 is 15.4 Å². The zero-order chi connectivity index (χ0) is 22.4. The minimum atomic E-state index is 0. The number of ether oxygens (including phenoxy) is 1. The summed E-state index contributed by atoms with van der Waals surface area (Å²) >= 11 is 0. The van der Waals surface area contributed by atoms with E-state index in [1.807, 2.05) is 24.3 Å². The molecule has 0 aromatic heterocycles. The van der Waals surface area contributed by atoms with E-state index in [9.17, 15) is 0 Å². The van der Waals surface area contributed by atoms with Gasteiger partial charge in [-0.15, -0.1) is 24.0 Å². The molecule has 0 amide bonds. The van der Waals surface area contributed by atoms with Gasteiger partial charge in [0.05, 0.1) is 24.3 Å². The molecule has 0 bridgehead atoms. The van der Waals surface area contributed by atoms with Crippen molar-refractivity contribution in [3.63, 3.8) is 0 Å². The summed E-state index contributed by atoms with van der Waals surface area (Å²) in [4.78, 5) is 7.14. The predicted molar refractivity (Wildman–Crippen MR) is 145 cm³/mol. The Morgan fingerprint density at radius 1 is 1.09 bits per heavy atom. The number of nitriles is 1. The topological polar surface area (TPSA) is 72.7 Å². The first kappa shape index (κ1) is 27.1. The molecule has 0 radical (unpaired) electrons. The number of hydrogen-bond donors (Lipinski definition) is 2. The molecule has 1 aliphatic rings. The maximum Gasteiger partial charge on any atom is 0.191 e. The molecule has 2 aromatic carbocycles. The molecule has 7 heteroatoms. The Bertz CT molecular complexity index is 876. The first-order chi connectivity index (χ1) is 15.8. The highest BCUT2D eigenvalue weighted by atomic mass is 127. The van der Waals surface area contributed by atoms with E-state index < -0.39 is 0 Å². The van der Waals surface area contributed by atoms with Crippen molar-refractivity contribution in [3.8, 4) is 6.07 Å². The average molecular weight is 562 g/mol. The zero-order valence-electron chi connectivity index (χ0n) is 19.5. The lowest BCUT2D eigenvalue weighted by atomic mass is 10.1. The smallest absolute Gasteiger partial charge is 0.191 e. The van der Waals surface area contributed by atoms with Gasteiger partial charge in [0.25, 0.3) is 0 Å². The number of piperidine rings is 1. The summed E-state index contributed by atoms with van der Waals surface area (Å²) in [5.74, 6) is 0.795. The molecule has 3 rings (SSSR count). The van der Waals surface area contributed by atoms with Gasteiger partial charge in [0.2, 0.25) is 0 Å². The van der Waals surface area contributed by atoms with Crippen molar-refractivity contribution in [2.24, 2.45) is 4.99 Å². The normalized spacial score (nSPS) is 14.8. The Morgan fingerprint density at radius 3 is 2.58 bits per heavy atom. The Balaban J connectivity index is 0.00000385. The van der Waals surface area contributed by atoms with E-state index in [2.05, 4.69) is 63.9 Å². The highest BCUT2D eigenvalue weighted by Gasteiger charge is 2.19. The number of benzene rings is 2. The van der Waals surface area contributed by atoms with Crippen LogP contribution in [-0.2, 0) is 17.8 Å². The minimum absolute atomic E-state index is 0. The van der Waals surface area contributed by atoms with E-state index in [0.717, 1.165) is 70.1 Å². The van der Waals surface area contributed by atoms with Crippen LogP contribution in [0.25, 0.3) is 0 Å². The maximum atomic E-state index is 9.03. The Hall–Kier alpha value is -2.15. The van der Waals surface area contributed by atoms with Crippen LogP contribution in [0.2, 0.25) is 0 Å². The van der Waals surface area contributed by atoms with Crippen LogP contribution in [0.5, 0.6) is 0 Å². The summed E-state index contributed by atoms with van der Waals surface area (Å²) in [6.07, 6.45) is 3.52. The van der Waals surface area contributed by atoms with E-state index in [0.29, 0.717) is 18.2 Å². The van der Waals surface area contributed by atoms with Gasteiger partial charge in [-0.1, -0.05) is 42.5 Å². The number of likely N-dealkylation sites (tertiary alicyclic amines) is 1. The van der Waals surface area contributed by atoms with Crippen LogP contribution >= 0.6 is 24.0 Å². The fourth-order valence-corrected chi connectivity index (χ4v) is 3.86. The Morgan fingerprint density at radius 2 is 1.85 bits per heavy atom. The lowest BCUT2D eigenvalue weighted by molar-refractivity contribution is 0.00534. The Kier molecular flexibility index (Phi) is 12.8. The van der Waals surface area contributed by atoms with E-state index in [-0.39, 0.29) is 24.0 Å². The minimum Gasteiger partial charge on any atom is -0.378 e. The third-order valence-corrected chi connectivity index (χ3v) is 5.57. The first-order valence-corrected chi connectivity index (χ1v) is 11.7. The first-order valence-electron chi connectivity index (χ1n) is 11.7. The summed E-state index contributed by atoms with van der Waals surface area (Å²) < 4.78 is 6.12. The summed E-state index contributed by atoms with van der Waals surface area (Å²) in [6.45, 7) is 8.22. The molecule has 0 saturated carbocycles. The third-order valence-electron chi connectivity index (χ3n) is 5.57. The van der Waals surface area contributed by atoms with E-state index >= 15 is 0 Å². The molecule has 1 heterocycles. The van der Waals surface area contributed by atoms with Gasteiger partial charge >= 0.3 is 0 Å². The van der Waals surface area contributed by atoms with Crippen LogP contribution in [0.15, 0.2) is 59.6 Å². The van der Waals surface area contributed by atoms with E-state index in [4.69, 9.17) is 10.00 Å². The number of rotatable bonds is 10. The molecule has 33 heavy (non-hydrogen) atoms. The lowest BCUT2D eigenvalue weighted by Gasteiger charge is -2.32. The van der Waals surface area contributed by atoms with E-state index in [1.165, 1.54) is 5.56 Å². The van der Waals surface area contributed by atoms with Gasteiger partial charge in [-0.05, 0) is 49.4 Å². The number of guanidine groups is 1. The van der Waals surface area contributed by atoms with Crippen LogP contribution in [0.3, 0.4) is 0 Å². The number of hydrogen-bond acceptors (Lipinski definition) is 4. The van der Waals surface area contributed by atoms with Gasteiger partial charge in [0.15, 0.2) is 5.96 Å². The molecular formula is C26H36IN5O. The van der Waals surface area contributed by atoms with Crippen LogP contribution in [-0.4, -0.2) is 49.7 Å². The van der Waals surface area contributed by atoms with Gasteiger partial charge in [-0.2, -0.15) is 5.26 Å². The van der Waals surface area contributed by atoms with Crippen LogP contribution in [0.4, 0.5) is 0 Å².